The summed E-state index contributed by atoms with van der Waals surface area (Å²) in [7, 11) is 3.33. The number of nitrogens with one attached hydrogen (secondary N) is 1. The average molecular weight is 500 g/mol. The molecule has 7 nitrogen and oxygen atoms in total. The van der Waals surface area contributed by atoms with Crippen LogP contribution < -0.4 is 14.8 Å². The van der Waals surface area contributed by atoms with Crippen molar-refractivity contribution in [2.75, 3.05) is 27.3 Å². The summed E-state index contributed by atoms with van der Waals surface area (Å²) in [5.74, 6) is 3.20. The number of methoxy groups -OCH3 is 2. The van der Waals surface area contributed by atoms with Gasteiger partial charge in [0.25, 0.3) is 0 Å². The number of aromatic nitrogens is 1. The highest BCUT2D eigenvalue weighted by atomic mass is 127. The molecular formula is C20H29IN4O3. The van der Waals surface area contributed by atoms with Crippen LogP contribution >= 0.6 is 24.0 Å². The molecule has 1 aliphatic heterocycles. The summed E-state index contributed by atoms with van der Waals surface area (Å²) in [4.78, 5) is 7.00. The van der Waals surface area contributed by atoms with Crippen LogP contribution in [-0.4, -0.2) is 43.3 Å². The van der Waals surface area contributed by atoms with Gasteiger partial charge in [0.15, 0.2) is 23.2 Å². The maximum Gasteiger partial charge on any atom is 0.194 e. The number of halogens is 1. The molecule has 3 rings (SSSR count). The number of benzene rings is 1. The molecule has 0 fully saturated rings. The predicted molar refractivity (Wildman–Crippen MR) is 120 cm³/mol. The lowest BCUT2D eigenvalue weighted by Gasteiger charge is -2.32. The van der Waals surface area contributed by atoms with Gasteiger partial charge in [-0.05, 0) is 43.0 Å². The molecule has 0 atom stereocenters. The van der Waals surface area contributed by atoms with E-state index >= 15 is 0 Å². The van der Waals surface area contributed by atoms with E-state index in [-0.39, 0.29) is 24.0 Å². The third-order valence-corrected chi connectivity index (χ3v) is 4.71. The maximum atomic E-state index is 5.46. The molecule has 0 amide bonds. The van der Waals surface area contributed by atoms with Gasteiger partial charge < -0.3 is 24.2 Å². The van der Waals surface area contributed by atoms with Crippen LogP contribution in [0.25, 0.3) is 0 Å². The van der Waals surface area contributed by atoms with Crippen molar-refractivity contribution in [3.05, 3.63) is 40.8 Å². The highest BCUT2D eigenvalue weighted by molar-refractivity contribution is 14.0. The van der Waals surface area contributed by atoms with Crippen LogP contribution in [0.15, 0.2) is 27.7 Å². The Bertz CT molecular complexity index is 807. The van der Waals surface area contributed by atoms with Gasteiger partial charge in [0, 0.05) is 25.7 Å². The van der Waals surface area contributed by atoms with E-state index in [1.807, 2.05) is 6.07 Å². The van der Waals surface area contributed by atoms with Crippen molar-refractivity contribution in [1.82, 2.24) is 15.4 Å². The van der Waals surface area contributed by atoms with E-state index in [2.05, 4.69) is 41.4 Å². The number of ether oxygens (including phenoxy) is 2. The molecule has 1 aromatic carbocycles. The maximum absolute atomic E-state index is 5.46. The van der Waals surface area contributed by atoms with Crippen molar-refractivity contribution in [2.24, 2.45) is 4.99 Å². The number of hydrogen-bond acceptors (Lipinski definition) is 5. The minimum Gasteiger partial charge on any atom is -0.493 e. The lowest BCUT2D eigenvalue weighted by Crippen LogP contribution is -2.44. The zero-order chi connectivity index (χ0) is 19.2. The Morgan fingerprint density at radius 3 is 2.50 bits per heavy atom. The first-order valence-corrected chi connectivity index (χ1v) is 9.39. The molecule has 0 saturated heterocycles. The standard InChI is InChI=1S/C20H28N4O3.HI/c1-5-16-11-17(27-23-16)12-22-20(21-6-2)24-8-7-14-9-18(25-3)19(26-4)10-15(14)13-24;/h9-11H,5-8,12-13H2,1-4H3,(H,21,22);1H. The van der Waals surface area contributed by atoms with Gasteiger partial charge in [-0.3, -0.25) is 0 Å². The second kappa shape index (κ2) is 10.5. The number of rotatable bonds is 6. The molecule has 1 aromatic heterocycles. The van der Waals surface area contributed by atoms with Crippen LogP contribution in [0.4, 0.5) is 0 Å². The number of aliphatic imine (C=N–C) groups is 1. The van der Waals surface area contributed by atoms with Gasteiger partial charge in [0.2, 0.25) is 0 Å². The molecule has 0 bridgehead atoms. The van der Waals surface area contributed by atoms with Crippen molar-refractivity contribution in [3.8, 4) is 11.5 Å². The van der Waals surface area contributed by atoms with Crippen LogP contribution in [0, 0.1) is 0 Å². The molecule has 1 aliphatic rings. The quantitative estimate of drug-likeness (QED) is 0.373. The number of aryl methyl sites for hydroxylation is 1. The molecule has 154 valence electrons. The topological polar surface area (TPSA) is 72.1 Å². The summed E-state index contributed by atoms with van der Waals surface area (Å²) >= 11 is 0. The summed E-state index contributed by atoms with van der Waals surface area (Å²) in [6.07, 6.45) is 1.80. The second-order valence-electron chi connectivity index (χ2n) is 6.46. The Kier molecular flexibility index (Phi) is 8.40. The second-order valence-corrected chi connectivity index (χ2v) is 6.46. The van der Waals surface area contributed by atoms with E-state index in [9.17, 15) is 0 Å². The van der Waals surface area contributed by atoms with Gasteiger partial charge in [0.05, 0.1) is 19.9 Å². The Balaban J connectivity index is 0.00000280. The molecule has 8 heteroatoms. The van der Waals surface area contributed by atoms with E-state index in [1.54, 1.807) is 14.2 Å². The Morgan fingerprint density at radius 1 is 1.18 bits per heavy atom. The minimum absolute atomic E-state index is 0. The van der Waals surface area contributed by atoms with E-state index in [1.165, 1.54) is 11.1 Å². The zero-order valence-corrected chi connectivity index (χ0v) is 19.3. The van der Waals surface area contributed by atoms with Gasteiger partial charge in [-0.2, -0.15) is 0 Å². The van der Waals surface area contributed by atoms with Crippen LogP contribution in [0.5, 0.6) is 11.5 Å². The summed E-state index contributed by atoms with van der Waals surface area (Å²) in [6, 6.07) is 6.11. The molecule has 1 N–H and O–H groups in total. The minimum atomic E-state index is 0. The first-order chi connectivity index (χ1) is 13.2. The largest absolute Gasteiger partial charge is 0.493 e. The Hall–Kier alpha value is -1.97. The number of nitrogens with zero attached hydrogens (tertiary/aromatic N) is 3. The summed E-state index contributed by atoms with van der Waals surface area (Å²) in [5, 5.41) is 7.42. The zero-order valence-electron chi connectivity index (χ0n) is 16.9. The van der Waals surface area contributed by atoms with Gasteiger partial charge in [0.1, 0.15) is 6.54 Å². The summed E-state index contributed by atoms with van der Waals surface area (Å²) in [6.45, 7) is 7.09. The van der Waals surface area contributed by atoms with E-state index in [4.69, 9.17) is 19.0 Å². The lowest BCUT2D eigenvalue weighted by molar-refractivity contribution is 0.345. The van der Waals surface area contributed by atoms with Crippen molar-refractivity contribution in [3.63, 3.8) is 0 Å². The van der Waals surface area contributed by atoms with Gasteiger partial charge in [-0.15, -0.1) is 24.0 Å². The smallest absolute Gasteiger partial charge is 0.194 e. The van der Waals surface area contributed by atoms with E-state index in [0.29, 0.717) is 6.54 Å². The molecule has 0 aliphatic carbocycles. The fourth-order valence-electron chi connectivity index (χ4n) is 3.24. The van der Waals surface area contributed by atoms with Crippen molar-refractivity contribution in [1.29, 1.82) is 0 Å². The fourth-order valence-corrected chi connectivity index (χ4v) is 3.24. The Labute approximate surface area is 183 Å². The predicted octanol–water partition coefficient (Wildman–Crippen LogP) is 3.40. The third-order valence-electron chi connectivity index (χ3n) is 4.71. The van der Waals surface area contributed by atoms with Crippen LogP contribution in [0.2, 0.25) is 0 Å². The molecule has 2 heterocycles. The van der Waals surface area contributed by atoms with Gasteiger partial charge >= 0.3 is 0 Å². The molecule has 0 radical (unpaired) electrons. The van der Waals surface area contributed by atoms with Crippen molar-refractivity contribution < 1.29 is 14.0 Å². The van der Waals surface area contributed by atoms with Crippen molar-refractivity contribution >= 4 is 29.9 Å². The van der Waals surface area contributed by atoms with E-state index in [0.717, 1.165) is 61.4 Å². The van der Waals surface area contributed by atoms with Gasteiger partial charge in [-0.25, -0.2) is 4.99 Å². The number of fused-ring (bicyclic) bond motifs is 1. The molecule has 0 unspecified atom stereocenters. The van der Waals surface area contributed by atoms with Gasteiger partial charge in [-0.1, -0.05) is 12.1 Å². The SMILES string of the molecule is CCNC(=NCc1cc(CC)no1)N1CCc2cc(OC)c(OC)cc2C1.I. The van der Waals surface area contributed by atoms with Crippen LogP contribution in [-0.2, 0) is 25.9 Å². The molecule has 28 heavy (non-hydrogen) atoms. The summed E-state index contributed by atoms with van der Waals surface area (Å²) < 4.78 is 16.2. The monoisotopic (exact) mass is 500 g/mol. The number of hydrogen-bond donors (Lipinski definition) is 1. The van der Waals surface area contributed by atoms with Crippen LogP contribution in [0.3, 0.4) is 0 Å². The average Bonchev–Trinajstić information content (AvgIpc) is 3.17. The molecule has 0 saturated carbocycles. The molecular weight excluding hydrogens is 471 g/mol. The summed E-state index contributed by atoms with van der Waals surface area (Å²) in [5.41, 5.74) is 3.48. The first-order valence-electron chi connectivity index (χ1n) is 9.39. The normalized spacial score (nSPS) is 13.6. The Morgan fingerprint density at radius 2 is 1.89 bits per heavy atom. The number of guanidine groups is 1. The first kappa shape index (κ1) is 22.3. The van der Waals surface area contributed by atoms with Crippen LogP contribution in [0.1, 0.15) is 36.4 Å². The molecule has 0 spiro atoms. The third kappa shape index (κ3) is 5.09. The van der Waals surface area contributed by atoms with E-state index < -0.39 is 0 Å². The van der Waals surface area contributed by atoms with Crippen molar-refractivity contribution in [2.45, 2.75) is 39.8 Å². The lowest BCUT2D eigenvalue weighted by atomic mass is 9.99. The molecule has 2 aromatic rings. The highest BCUT2D eigenvalue weighted by Gasteiger charge is 2.21. The highest BCUT2D eigenvalue weighted by Crippen LogP contribution is 2.33. The fraction of sp³-hybridized carbons (Fsp3) is 0.500.